The van der Waals surface area contributed by atoms with Crippen LogP contribution in [0.3, 0.4) is 0 Å². The lowest BCUT2D eigenvalue weighted by Crippen LogP contribution is -2.49. The second kappa shape index (κ2) is 10.7. The van der Waals surface area contributed by atoms with Gasteiger partial charge < -0.3 is 15.5 Å². The molecule has 6 heteroatoms. The molecule has 2 heterocycles. The lowest BCUT2D eigenvalue weighted by atomic mass is 9.88. The average molecular weight is 326 g/mol. The molecule has 0 radical (unpaired) electrons. The number of amides is 1. The molecule has 0 aromatic carbocycles. The Morgan fingerprint density at radius 1 is 1.25 bits per heavy atom. The van der Waals surface area contributed by atoms with Gasteiger partial charge in [0.25, 0.3) is 0 Å². The molecule has 0 bridgehead atoms. The molecular formula is C14H29Cl2N3O. The fourth-order valence-electron chi connectivity index (χ4n) is 2.74. The van der Waals surface area contributed by atoms with Crippen molar-refractivity contribution in [2.45, 2.75) is 32.6 Å². The maximum atomic E-state index is 11.9. The molecule has 1 unspecified atom stereocenters. The van der Waals surface area contributed by atoms with Crippen LogP contribution in [0.5, 0.6) is 0 Å². The van der Waals surface area contributed by atoms with E-state index in [4.69, 9.17) is 0 Å². The molecule has 4 nitrogen and oxygen atoms in total. The van der Waals surface area contributed by atoms with Gasteiger partial charge >= 0.3 is 0 Å². The van der Waals surface area contributed by atoms with Crippen molar-refractivity contribution in [3.8, 4) is 0 Å². The molecule has 0 aliphatic carbocycles. The minimum absolute atomic E-state index is 0. The molecule has 2 rings (SSSR count). The van der Waals surface area contributed by atoms with Gasteiger partial charge in [-0.1, -0.05) is 13.3 Å². The molecule has 2 aliphatic rings. The maximum absolute atomic E-state index is 11.9. The number of nitrogens with zero attached hydrogens (tertiary/aromatic N) is 1. The zero-order chi connectivity index (χ0) is 12.8. The van der Waals surface area contributed by atoms with Gasteiger partial charge in [0.15, 0.2) is 0 Å². The second-order valence-corrected chi connectivity index (χ2v) is 5.75. The molecule has 0 aromatic rings. The Bertz CT molecular complexity index is 269. The van der Waals surface area contributed by atoms with Crippen LogP contribution in [-0.2, 0) is 4.79 Å². The third-order valence-corrected chi connectivity index (χ3v) is 4.33. The molecule has 1 amide bonds. The smallest absolute Gasteiger partial charge is 0.223 e. The first-order valence-corrected chi connectivity index (χ1v) is 7.48. The molecule has 0 saturated carbocycles. The van der Waals surface area contributed by atoms with Crippen molar-refractivity contribution < 1.29 is 4.79 Å². The summed E-state index contributed by atoms with van der Waals surface area (Å²) in [6.45, 7) is 8.52. The third-order valence-electron chi connectivity index (χ3n) is 4.33. The number of likely N-dealkylation sites (tertiary alicyclic amines) is 1. The van der Waals surface area contributed by atoms with Crippen LogP contribution in [0.15, 0.2) is 0 Å². The van der Waals surface area contributed by atoms with E-state index in [-0.39, 0.29) is 36.6 Å². The van der Waals surface area contributed by atoms with Gasteiger partial charge in [-0.3, -0.25) is 4.79 Å². The van der Waals surface area contributed by atoms with Gasteiger partial charge in [-0.05, 0) is 57.9 Å². The van der Waals surface area contributed by atoms with E-state index >= 15 is 0 Å². The predicted octanol–water partition coefficient (Wildman–Crippen LogP) is 1.68. The first-order valence-electron chi connectivity index (χ1n) is 7.48. The molecule has 2 fully saturated rings. The summed E-state index contributed by atoms with van der Waals surface area (Å²) < 4.78 is 0. The van der Waals surface area contributed by atoms with Gasteiger partial charge in [0.2, 0.25) is 5.91 Å². The fourth-order valence-corrected chi connectivity index (χ4v) is 2.74. The Balaban J connectivity index is 0.00000180. The van der Waals surface area contributed by atoms with Gasteiger partial charge in [0.1, 0.15) is 0 Å². The highest BCUT2D eigenvalue weighted by Crippen LogP contribution is 2.15. The summed E-state index contributed by atoms with van der Waals surface area (Å²) in [5, 5.41) is 6.30. The Labute approximate surface area is 135 Å². The maximum Gasteiger partial charge on any atom is 0.223 e. The van der Waals surface area contributed by atoms with E-state index in [0.717, 1.165) is 32.6 Å². The van der Waals surface area contributed by atoms with E-state index in [0.29, 0.717) is 5.92 Å². The monoisotopic (exact) mass is 325 g/mol. The van der Waals surface area contributed by atoms with Crippen LogP contribution in [0, 0.1) is 11.8 Å². The second-order valence-electron chi connectivity index (χ2n) is 5.75. The summed E-state index contributed by atoms with van der Waals surface area (Å²) in [6, 6.07) is 0. The van der Waals surface area contributed by atoms with Crippen molar-refractivity contribution in [1.82, 2.24) is 15.5 Å². The van der Waals surface area contributed by atoms with Gasteiger partial charge in [0, 0.05) is 12.5 Å². The number of carbonyl (C=O) groups is 1. The minimum Gasteiger partial charge on any atom is -0.356 e. The van der Waals surface area contributed by atoms with Crippen LogP contribution in [0.4, 0.5) is 0 Å². The quantitative estimate of drug-likeness (QED) is 0.730. The number of nitrogens with one attached hydrogen (secondary N) is 2. The van der Waals surface area contributed by atoms with E-state index in [1.807, 2.05) is 6.92 Å². The summed E-state index contributed by atoms with van der Waals surface area (Å²) >= 11 is 0. The number of hydrogen-bond acceptors (Lipinski definition) is 3. The highest BCUT2D eigenvalue weighted by Gasteiger charge is 2.28. The van der Waals surface area contributed by atoms with Crippen molar-refractivity contribution in [2.75, 3.05) is 39.3 Å². The lowest BCUT2D eigenvalue weighted by Gasteiger charge is -2.31. The normalized spacial score (nSPS) is 21.1. The van der Waals surface area contributed by atoms with E-state index in [1.54, 1.807) is 0 Å². The zero-order valence-electron chi connectivity index (χ0n) is 12.4. The standard InChI is InChI=1S/C14H27N3O.2ClH/c1-12(13-10-15-11-13)14(18)16-6-5-9-17-7-3-2-4-8-17;;/h12-13,15H,2-11H2,1H3,(H,16,18);2*1H. The lowest BCUT2D eigenvalue weighted by molar-refractivity contribution is -0.126. The highest BCUT2D eigenvalue weighted by molar-refractivity contribution is 5.85. The number of halogens is 2. The minimum atomic E-state index is 0. The van der Waals surface area contributed by atoms with Crippen LogP contribution in [0.25, 0.3) is 0 Å². The van der Waals surface area contributed by atoms with Crippen LogP contribution in [0.1, 0.15) is 32.6 Å². The molecule has 2 saturated heterocycles. The summed E-state index contributed by atoms with van der Waals surface area (Å²) in [6.07, 6.45) is 5.16. The molecule has 1 atom stereocenters. The van der Waals surface area contributed by atoms with Crippen LogP contribution in [0.2, 0.25) is 0 Å². The molecule has 0 spiro atoms. The summed E-state index contributed by atoms with van der Waals surface area (Å²) in [7, 11) is 0. The van der Waals surface area contributed by atoms with Crippen molar-refractivity contribution in [3.05, 3.63) is 0 Å². The fraction of sp³-hybridized carbons (Fsp3) is 0.929. The first-order chi connectivity index (χ1) is 8.77. The molecule has 2 aliphatic heterocycles. The van der Waals surface area contributed by atoms with Gasteiger partial charge in [0.05, 0.1) is 0 Å². The Morgan fingerprint density at radius 2 is 1.90 bits per heavy atom. The number of hydrogen-bond donors (Lipinski definition) is 2. The molecule has 0 aromatic heterocycles. The number of piperidine rings is 1. The van der Waals surface area contributed by atoms with Crippen molar-refractivity contribution in [2.24, 2.45) is 11.8 Å². The van der Waals surface area contributed by atoms with Crippen LogP contribution < -0.4 is 10.6 Å². The van der Waals surface area contributed by atoms with E-state index in [2.05, 4.69) is 15.5 Å². The topological polar surface area (TPSA) is 44.4 Å². The molecular weight excluding hydrogens is 297 g/mol. The van der Waals surface area contributed by atoms with Crippen molar-refractivity contribution >= 4 is 30.7 Å². The van der Waals surface area contributed by atoms with Crippen molar-refractivity contribution in [3.63, 3.8) is 0 Å². The van der Waals surface area contributed by atoms with Gasteiger partial charge in [-0.2, -0.15) is 0 Å². The highest BCUT2D eigenvalue weighted by atomic mass is 35.5. The van der Waals surface area contributed by atoms with Crippen molar-refractivity contribution in [1.29, 1.82) is 0 Å². The van der Waals surface area contributed by atoms with E-state index in [9.17, 15) is 4.79 Å². The van der Waals surface area contributed by atoms with E-state index in [1.165, 1.54) is 32.4 Å². The molecule has 20 heavy (non-hydrogen) atoms. The summed E-state index contributed by atoms with van der Waals surface area (Å²) in [5.74, 6) is 0.952. The largest absolute Gasteiger partial charge is 0.356 e. The summed E-state index contributed by atoms with van der Waals surface area (Å²) in [4.78, 5) is 14.4. The first kappa shape index (κ1) is 20.0. The van der Waals surface area contributed by atoms with Gasteiger partial charge in [-0.25, -0.2) is 0 Å². The molecule has 120 valence electrons. The Hall–Kier alpha value is -0.0300. The third kappa shape index (κ3) is 6.17. The number of carbonyl (C=O) groups excluding carboxylic acids is 1. The Kier molecular flexibility index (Phi) is 10.6. The SMILES string of the molecule is CC(C(=O)NCCCN1CCCCC1)C1CNC1.Cl.Cl. The average Bonchev–Trinajstić information content (AvgIpc) is 2.33. The summed E-state index contributed by atoms with van der Waals surface area (Å²) in [5.41, 5.74) is 0. The predicted molar refractivity (Wildman–Crippen MR) is 87.9 cm³/mol. The van der Waals surface area contributed by atoms with Gasteiger partial charge in [-0.15, -0.1) is 24.8 Å². The van der Waals surface area contributed by atoms with Crippen LogP contribution in [-0.4, -0.2) is 50.1 Å². The van der Waals surface area contributed by atoms with E-state index < -0.39 is 0 Å². The zero-order valence-corrected chi connectivity index (χ0v) is 14.0. The molecule has 2 N–H and O–H groups in total. The number of rotatable bonds is 6. The Morgan fingerprint density at radius 3 is 2.45 bits per heavy atom. The van der Waals surface area contributed by atoms with Crippen LogP contribution >= 0.6 is 24.8 Å².